The maximum Gasteiger partial charge on any atom is 0.226 e. The average Bonchev–Trinajstić information content (AvgIpc) is 2.37. The maximum absolute atomic E-state index is 10.9. The number of aliphatic hydroxyl groups excluding tert-OH is 2. The van der Waals surface area contributed by atoms with Crippen molar-refractivity contribution in [3.8, 4) is 5.75 Å². The Labute approximate surface area is 117 Å². The summed E-state index contributed by atoms with van der Waals surface area (Å²) in [4.78, 5) is 10.9. The second-order valence-corrected chi connectivity index (χ2v) is 4.90. The first-order chi connectivity index (χ1) is 9.45. The van der Waals surface area contributed by atoms with Gasteiger partial charge in [0.15, 0.2) is 0 Å². The lowest BCUT2D eigenvalue weighted by atomic mass is 10.0. The molecule has 0 radical (unpaired) electrons. The molecular weight excluding hydrogens is 262 g/mol. The molecule has 1 heterocycles. The molecule has 0 aliphatic carbocycles. The molecule has 4 unspecified atom stereocenters. The van der Waals surface area contributed by atoms with Crippen molar-refractivity contribution >= 4 is 11.6 Å². The van der Waals surface area contributed by atoms with Crippen molar-refractivity contribution < 1.29 is 24.5 Å². The molecule has 1 aromatic carbocycles. The van der Waals surface area contributed by atoms with Crippen LogP contribution in [-0.4, -0.2) is 40.7 Å². The highest BCUT2D eigenvalue weighted by molar-refractivity contribution is 5.88. The molecule has 1 amide bonds. The number of rotatable bonds is 3. The quantitative estimate of drug-likeness (QED) is 0.765. The number of nitrogens with one attached hydrogen (secondary N) is 1. The third-order valence-electron chi connectivity index (χ3n) is 3.11. The van der Waals surface area contributed by atoms with Crippen LogP contribution in [0.15, 0.2) is 24.3 Å². The van der Waals surface area contributed by atoms with Crippen molar-refractivity contribution in [3.63, 3.8) is 0 Å². The first kappa shape index (κ1) is 14.8. The Hall–Kier alpha value is -1.63. The van der Waals surface area contributed by atoms with E-state index in [1.165, 1.54) is 6.92 Å². The lowest BCUT2D eigenvalue weighted by Crippen LogP contribution is -2.48. The van der Waals surface area contributed by atoms with E-state index in [9.17, 15) is 15.0 Å². The summed E-state index contributed by atoms with van der Waals surface area (Å²) in [6, 6.07) is 6.75. The van der Waals surface area contributed by atoms with Crippen molar-refractivity contribution in [2.75, 3.05) is 5.32 Å². The molecule has 6 heteroatoms. The number of benzene rings is 1. The Kier molecular flexibility index (Phi) is 4.59. The van der Waals surface area contributed by atoms with Gasteiger partial charge in [-0.25, -0.2) is 0 Å². The fourth-order valence-corrected chi connectivity index (χ4v) is 2.00. The number of amides is 1. The summed E-state index contributed by atoms with van der Waals surface area (Å²) in [6.45, 7) is 3.16. The number of carbonyl (C=O) groups is 1. The maximum atomic E-state index is 10.9. The number of ether oxygens (including phenoxy) is 2. The molecular formula is C14H19NO5. The Bertz CT molecular complexity index is 461. The van der Waals surface area contributed by atoms with Gasteiger partial charge in [-0.3, -0.25) is 4.79 Å². The molecule has 1 saturated heterocycles. The Morgan fingerprint density at radius 3 is 2.55 bits per heavy atom. The van der Waals surface area contributed by atoms with Gasteiger partial charge in [0.05, 0.1) is 12.2 Å². The summed E-state index contributed by atoms with van der Waals surface area (Å²) in [7, 11) is 0. The van der Waals surface area contributed by atoms with Gasteiger partial charge in [0.25, 0.3) is 0 Å². The largest absolute Gasteiger partial charge is 0.462 e. The van der Waals surface area contributed by atoms with E-state index >= 15 is 0 Å². The second kappa shape index (κ2) is 6.21. The first-order valence-electron chi connectivity index (χ1n) is 6.51. The van der Waals surface area contributed by atoms with E-state index in [1.54, 1.807) is 31.2 Å². The molecule has 1 aromatic rings. The van der Waals surface area contributed by atoms with Crippen molar-refractivity contribution in [3.05, 3.63) is 24.3 Å². The van der Waals surface area contributed by atoms with Crippen LogP contribution in [0.25, 0.3) is 0 Å². The van der Waals surface area contributed by atoms with Gasteiger partial charge in [-0.1, -0.05) is 0 Å². The number of aliphatic hydroxyl groups is 2. The summed E-state index contributed by atoms with van der Waals surface area (Å²) in [5.74, 6) is 0.374. The predicted octanol–water partition coefficient (Wildman–Crippen LogP) is 0.880. The number of hydrogen-bond acceptors (Lipinski definition) is 5. The minimum atomic E-state index is -0.878. The van der Waals surface area contributed by atoms with Gasteiger partial charge >= 0.3 is 0 Å². The van der Waals surface area contributed by atoms with Crippen molar-refractivity contribution in [1.29, 1.82) is 0 Å². The zero-order chi connectivity index (χ0) is 14.7. The molecule has 6 nitrogen and oxygen atoms in total. The number of carbonyl (C=O) groups excluding carboxylic acids is 1. The topological polar surface area (TPSA) is 88.0 Å². The van der Waals surface area contributed by atoms with Gasteiger partial charge in [-0.2, -0.15) is 0 Å². The van der Waals surface area contributed by atoms with E-state index in [0.717, 1.165) is 0 Å². The van der Waals surface area contributed by atoms with Gasteiger partial charge in [0.2, 0.25) is 12.2 Å². The Morgan fingerprint density at radius 1 is 1.30 bits per heavy atom. The van der Waals surface area contributed by atoms with Crippen LogP contribution >= 0.6 is 0 Å². The van der Waals surface area contributed by atoms with E-state index in [-0.39, 0.29) is 18.4 Å². The van der Waals surface area contributed by atoms with Crippen LogP contribution < -0.4 is 10.1 Å². The number of anilines is 1. The third kappa shape index (κ3) is 3.69. The van der Waals surface area contributed by atoms with E-state index in [4.69, 9.17) is 9.47 Å². The van der Waals surface area contributed by atoms with E-state index in [1.807, 2.05) is 0 Å². The van der Waals surface area contributed by atoms with E-state index in [2.05, 4.69) is 5.32 Å². The van der Waals surface area contributed by atoms with Crippen LogP contribution in [0, 0.1) is 0 Å². The zero-order valence-corrected chi connectivity index (χ0v) is 11.4. The van der Waals surface area contributed by atoms with Crippen molar-refractivity contribution in [2.24, 2.45) is 0 Å². The van der Waals surface area contributed by atoms with E-state index in [0.29, 0.717) is 11.4 Å². The highest BCUT2D eigenvalue weighted by atomic mass is 16.7. The molecule has 0 spiro atoms. The molecule has 3 N–H and O–H groups in total. The normalized spacial score (nSPS) is 29.8. The van der Waals surface area contributed by atoms with Crippen LogP contribution in [0.1, 0.15) is 20.3 Å². The molecule has 1 fully saturated rings. The fourth-order valence-electron chi connectivity index (χ4n) is 2.00. The van der Waals surface area contributed by atoms with Gasteiger partial charge in [0.1, 0.15) is 11.9 Å². The molecule has 20 heavy (non-hydrogen) atoms. The molecule has 110 valence electrons. The number of hydrogen-bond donors (Lipinski definition) is 3. The SMILES string of the molecule is CC(=O)Nc1ccc(OC2OC(C)C(O)CC2O)cc1. The average molecular weight is 281 g/mol. The summed E-state index contributed by atoms with van der Waals surface area (Å²) < 4.78 is 11.0. The molecule has 2 rings (SSSR count). The summed E-state index contributed by atoms with van der Waals surface area (Å²) >= 11 is 0. The van der Waals surface area contributed by atoms with Crippen LogP contribution in [0.5, 0.6) is 5.75 Å². The van der Waals surface area contributed by atoms with Gasteiger partial charge in [-0.15, -0.1) is 0 Å². The van der Waals surface area contributed by atoms with Crippen LogP contribution in [0.4, 0.5) is 5.69 Å². The highest BCUT2D eigenvalue weighted by Gasteiger charge is 2.35. The molecule has 0 saturated carbocycles. The minimum absolute atomic E-state index is 0.146. The Morgan fingerprint density at radius 2 is 1.95 bits per heavy atom. The van der Waals surface area contributed by atoms with Crippen LogP contribution in [0.2, 0.25) is 0 Å². The molecule has 4 atom stereocenters. The second-order valence-electron chi connectivity index (χ2n) is 4.90. The predicted molar refractivity (Wildman–Crippen MR) is 72.3 cm³/mol. The monoisotopic (exact) mass is 281 g/mol. The summed E-state index contributed by atoms with van der Waals surface area (Å²) in [5.41, 5.74) is 0.666. The molecule has 1 aliphatic heterocycles. The van der Waals surface area contributed by atoms with Crippen molar-refractivity contribution in [1.82, 2.24) is 0 Å². The molecule has 0 bridgehead atoms. The summed E-state index contributed by atoms with van der Waals surface area (Å²) in [6.07, 6.45) is -2.54. The lowest BCUT2D eigenvalue weighted by Gasteiger charge is -2.35. The highest BCUT2D eigenvalue weighted by Crippen LogP contribution is 2.24. The van der Waals surface area contributed by atoms with E-state index < -0.39 is 18.5 Å². The van der Waals surface area contributed by atoms with Gasteiger partial charge in [0, 0.05) is 19.0 Å². The van der Waals surface area contributed by atoms with Gasteiger partial charge < -0.3 is 25.0 Å². The van der Waals surface area contributed by atoms with Crippen LogP contribution in [0.3, 0.4) is 0 Å². The molecule has 1 aliphatic rings. The zero-order valence-electron chi connectivity index (χ0n) is 11.4. The minimum Gasteiger partial charge on any atom is -0.462 e. The molecule has 0 aromatic heterocycles. The standard InChI is InChI=1S/C14H19NO5/c1-8-12(17)7-13(18)14(19-8)20-11-5-3-10(4-6-11)15-9(2)16/h3-6,8,12-14,17-18H,7H2,1-2H3,(H,15,16). The third-order valence-corrected chi connectivity index (χ3v) is 3.11. The Balaban J connectivity index is 1.97. The smallest absolute Gasteiger partial charge is 0.226 e. The van der Waals surface area contributed by atoms with Crippen molar-refractivity contribution in [2.45, 2.75) is 44.9 Å². The first-order valence-corrected chi connectivity index (χ1v) is 6.51. The lowest BCUT2D eigenvalue weighted by molar-refractivity contribution is -0.228. The van der Waals surface area contributed by atoms with Crippen LogP contribution in [-0.2, 0) is 9.53 Å². The van der Waals surface area contributed by atoms with Gasteiger partial charge in [-0.05, 0) is 31.2 Å². The summed E-state index contributed by atoms with van der Waals surface area (Å²) in [5, 5.41) is 22.0. The fraction of sp³-hybridized carbons (Fsp3) is 0.500.